The van der Waals surface area contributed by atoms with E-state index in [1.165, 1.54) is 12.5 Å². The number of carbonyl (C=O) groups excluding carboxylic acids is 2. The van der Waals surface area contributed by atoms with Crippen LogP contribution in [0.15, 0.2) is 24.3 Å². The highest BCUT2D eigenvalue weighted by Gasteiger charge is 2.16. The van der Waals surface area contributed by atoms with E-state index in [1.807, 2.05) is 24.3 Å². The minimum absolute atomic E-state index is 0.176. The fourth-order valence-corrected chi connectivity index (χ4v) is 2.60. The van der Waals surface area contributed by atoms with Crippen LogP contribution in [0.3, 0.4) is 0 Å². The van der Waals surface area contributed by atoms with Gasteiger partial charge in [-0.05, 0) is 41.6 Å². The van der Waals surface area contributed by atoms with E-state index in [2.05, 4.69) is 34.1 Å². The quantitative estimate of drug-likeness (QED) is 0.852. The van der Waals surface area contributed by atoms with Gasteiger partial charge in [-0.1, -0.05) is 30.5 Å². The summed E-state index contributed by atoms with van der Waals surface area (Å²) >= 11 is 1.02. The number of aromatic nitrogens is 2. The number of carbonyl (C=O) groups is 2. The molecule has 1 aromatic heterocycles. The van der Waals surface area contributed by atoms with Crippen molar-refractivity contribution in [3.05, 3.63) is 40.4 Å². The summed E-state index contributed by atoms with van der Waals surface area (Å²) in [5.74, 6) is 0.0522. The van der Waals surface area contributed by atoms with Crippen molar-refractivity contribution >= 4 is 29.0 Å². The Hall–Kier alpha value is -2.28. The van der Waals surface area contributed by atoms with Crippen molar-refractivity contribution in [1.29, 1.82) is 0 Å². The predicted octanol–water partition coefficient (Wildman–Crippen LogP) is 2.94. The maximum absolute atomic E-state index is 12.3. The fourth-order valence-electron chi connectivity index (χ4n) is 2.02. The van der Waals surface area contributed by atoms with Gasteiger partial charge in [0.2, 0.25) is 5.91 Å². The second-order valence-electron chi connectivity index (χ2n) is 5.34. The highest BCUT2D eigenvalue weighted by atomic mass is 32.1. The fraction of sp³-hybridized carbons (Fsp3) is 0.375. The number of hydrogen-bond donors (Lipinski definition) is 2. The van der Waals surface area contributed by atoms with Crippen LogP contribution in [0.4, 0.5) is 5.69 Å². The van der Waals surface area contributed by atoms with Crippen molar-refractivity contribution in [3.8, 4) is 0 Å². The molecule has 122 valence electrons. The van der Waals surface area contributed by atoms with E-state index in [9.17, 15) is 9.59 Å². The minimum Gasteiger partial charge on any atom is -0.351 e. The van der Waals surface area contributed by atoms with E-state index in [0.717, 1.165) is 23.6 Å². The Balaban J connectivity index is 2.04. The molecule has 0 saturated heterocycles. The lowest BCUT2D eigenvalue weighted by molar-refractivity contribution is -0.119. The van der Waals surface area contributed by atoms with E-state index in [-0.39, 0.29) is 18.4 Å². The van der Waals surface area contributed by atoms with Gasteiger partial charge in [-0.15, -0.1) is 5.10 Å². The average Bonchev–Trinajstić information content (AvgIpc) is 3.01. The van der Waals surface area contributed by atoms with Gasteiger partial charge < -0.3 is 10.6 Å². The molecule has 0 fully saturated rings. The van der Waals surface area contributed by atoms with Gasteiger partial charge in [0.05, 0.1) is 6.54 Å². The normalized spacial score (nSPS) is 11.8. The van der Waals surface area contributed by atoms with Crippen molar-refractivity contribution in [2.45, 2.75) is 39.7 Å². The molecular formula is C16H20N4O2S. The molecule has 2 rings (SSSR count). The van der Waals surface area contributed by atoms with Crippen LogP contribution in [-0.2, 0) is 11.3 Å². The molecule has 1 heterocycles. The maximum Gasteiger partial charge on any atom is 0.269 e. The first-order chi connectivity index (χ1) is 11.0. The van der Waals surface area contributed by atoms with Gasteiger partial charge in [0, 0.05) is 12.6 Å². The maximum atomic E-state index is 12.3. The summed E-state index contributed by atoms with van der Waals surface area (Å²) in [6, 6.07) is 7.82. The third-order valence-electron chi connectivity index (χ3n) is 3.62. The number of nitrogens with zero attached hydrogens (tertiary/aromatic N) is 2. The van der Waals surface area contributed by atoms with Crippen LogP contribution in [0.1, 0.15) is 54.0 Å². The lowest BCUT2D eigenvalue weighted by Crippen LogP contribution is -2.21. The molecule has 1 atom stereocenters. The van der Waals surface area contributed by atoms with Gasteiger partial charge in [-0.2, -0.15) is 0 Å². The molecule has 1 unspecified atom stereocenters. The van der Waals surface area contributed by atoms with Crippen LogP contribution in [0.5, 0.6) is 0 Å². The Morgan fingerprint density at radius 2 is 1.96 bits per heavy atom. The summed E-state index contributed by atoms with van der Waals surface area (Å²) in [6.45, 7) is 5.93. The number of nitrogens with one attached hydrogen (secondary N) is 2. The van der Waals surface area contributed by atoms with Crippen molar-refractivity contribution in [2.75, 3.05) is 5.32 Å². The van der Waals surface area contributed by atoms with Crippen LogP contribution in [0, 0.1) is 0 Å². The summed E-state index contributed by atoms with van der Waals surface area (Å²) in [5.41, 5.74) is 2.44. The largest absolute Gasteiger partial charge is 0.351 e. The van der Waals surface area contributed by atoms with Crippen LogP contribution in [0.2, 0.25) is 0 Å². The van der Waals surface area contributed by atoms with Gasteiger partial charge in [-0.25, -0.2) is 0 Å². The lowest BCUT2D eigenvalue weighted by atomic mass is 9.99. The Morgan fingerprint density at radius 3 is 2.57 bits per heavy atom. The predicted molar refractivity (Wildman–Crippen MR) is 90.5 cm³/mol. The number of benzene rings is 1. The molecule has 0 radical (unpaired) electrons. The van der Waals surface area contributed by atoms with E-state index in [4.69, 9.17) is 0 Å². The standard InChI is InChI=1S/C16H20N4O2S/c1-4-10(2)12-5-7-13(8-6-12)18-16(22)15-14(19-20-23-15)9-17-11(3)21/h5-8,10H,4,9H2,1-3H3,(H,17,21)(H,18,22). The Morgan fingerprint density at radius 1 is 1.26 bits per heavy atom. The van der Waals surface area contributed by atoms with Crippen LogP contribution < -0.4 is 10.6 Å². The van der Waals surface area contributed by atoms with Crippen molar-refractivity contribution in [1.82, 2.24) is 14.9 Å². The Bertz CT molecular complexity index is 682. The molecular weight excluding hydrogens is 312 g/mol. The first-order valence-corrected chi connectivity index (χ1v) is 8.25. The number of anilines is 1. The zero-order valence-electron chi connectivity index (χ0n) is 13.4. The van der Waals surface area contributed by atoms with E-state index < -0.39 is 0 Å². The summed E-state index contributed by atoms with van der Waals surface area (Å²) in [4.78, 5) is 23.7. The van der Waals surface area contributed by atoms with E-state index >= 15 is 0 Å². The Labute approximate surface area is 139 Å². The average molecular weight is 332 g/mol. The smallest absolute Gasteiger partial charge is 0.269 e. The van der Waals surface area contributed by atoms with Crippen LogP contribution in [0.25, 0.3) is 0 Å². The molecule has 0 aliphatic rings. The third kappa shape index (κ3) is 4.59. The summed E-state index contributed by atoms with van der Waals surface area (Å²) in [5, 5.41) is 9.35. The molecule has 0 aliphatic heterocycles. The SMILES string of the molecule is CCC(C)c1ccc(NC(=O)c2snnc2CNC(C)=O)cc1. The highest BCUT2D eigenvalue weighted by molar-refractivity contribution is 7.08. The van der Waals surface area contributed by atoms with Gasteiger partial charge in [-0.3, -0.25) is 9.59 Å². The second kappa shape index (κ2) is 7.82. The van der Waals surface area contributed by atoms with E-state index in [0.29, 0.717) is 16.5 Å². The molecule has 2 amide bonds. The lowest BCUT2D eigenvalue weighted by Gasteiger charge is -2.10. The third-order valence-corrected chi connectivity index (χ3v) is 4.38. The summed E-state index contributed by atoms with van der Waals surface area (Å²) < 4.78 is 3.79. The number of hydrogen-bond acceptors (Lipinski definition) is 5. The first-order valence-electron chi connectivity index (χ1n) is 7.48. The zero-order valence-corrected chi connectivity index (χ0v) is 14.2. The van der Waals surface area contributed by atoms with Crippen LogP contribution >= 0.6 is 11.5 Å². The van der Waals surface area contributed by atoms with Crippen LogP contribution in [-0.4, -0.2) is 21.4 Å². The molecule has 0 aliphatic carbocycles. The molecule has 0 spiro atoms. The van der Waals surface area contributed by atoms with Crippen molar-refractivity contribution in [3.63, 3.8) is 0 Å². The molecule has 7 heteroatoms. The molecule has 23 heavy (non-hydrogen) atoms. The molecule has 0 bridgehead atoms. The molecule has 1 aromatic carbocycles. The molecule has 2 N–H and O–H groups in total. The zero-order chi connectivity index (χ0) is 16.8. The van der Waals surface area contributed by atoms with Crippen molar-refractivity contribution < 1.29 is 9.59 Å². The highest BCUT2D eigenvalue weighted by Crippen LogP contribution is 2.21. The summed E-state index contributed by atoms with van der Waals surface area (Å²) in [7, 11) is 0. The van der Waals surface area contributed by atoms with Gasteiger partial charge >= 0.3 is 0 Å². The van der Waals surface area contributed by atoms with E-state index in [1.54, 1.807) is 0 Å². The topological polar surface area (TPSA) is 84.0 Å². The molecule has 6 nitrogen and oxygen atoms in total. The number of rotatable bonds is 6. The van der Waals surface area contributed by atoms with Gasteiger partial charge in [0.15, 0.2) is 0 Å². The monoisotopic (exact) mass is 332 g/mol. The summed E-state index contributed by atoms with van der Waals surface area (Å²) in [6.07, 6.45) is 1.07. The first kappa shape index (κ1) is 17.1. The Kier molecular flexibility index (Phi) is 5.81. The molecule has 0 saturated carbocycles. The number of amides is 2. The molecule has 2 aromatic rings. The van der Waals surface area contributed by atoms with Crippen molar-refractivity contribution in [2.24, 2.45) is 0 Å². The van der Waals surface area contributed by atoms with Gasteiger partial charge in [0.1, 0.15) is 10.6 Å². The second-order valence-corrected chi connectivity index (χ2v) is 6.10. The van der Waals surface area contributed by atoms with Gasteiger partial charge in [0.25, 0.3) is 5.91 Å². The minimum atomic E-state index is -0.267.